The molecule has 0 bridgehead atoms. The lowest BCUT2D eigenvalue weighted by Gasteiger charge is -2.15. The van der Waals surface area contributed by atoms with Gasteiger partial charge in [0.05, 0.1) is 17.7 Å². The van der Waals surface area contributed by atoms with E-state index in [1.165, 1.54) is 0 Å². The molecule has 0 unspecified atom stereocenters. The molecule has 2 amide bonds. The van der Waals surface area contributed by atoms with Crippen LogP contribution in [0.5, 0.6) is 0 Å². The van der Waals surface area contributed by atoms with Gasteiger partial charge in [-0.25, -0.2) is 9.86 Å². The van der Waals surface area contributed by atoms with Crippen LogP contribution in [-0.2, 0) is 12.4 Å². The second-order valence-electron chi connectivity index (χ2n) is 5.36. The van der Waals surface area contributed by atoms with Gasteiger partial charge >= 0.3 is 18.4 Å². The standard InChI is InChI=1S/C13H12F6N2O2/c14-12(15,16)8-1-6(2-9(4-8)13(17,18)19)10-3-7(10)5-21(23)11(20)22/h1-2,4,7,10,23H,3,5H2,(H2,20,22)/t7-,10-/m0/s1. The van der Waals surface area contributed by atoms with E-state index in [0.717, 1.165) is 0 Å². The highest BCUT2D eigenvalue weighted by molar-refractivity contribution is 5.70. The third kappa shape index (κ3) is 4.06. The van der Waals surface area contributed by atoms with Gasteiger partial charge in [-0.2, -0.15) is 26.3 Å². The topological polar surface area (TPSA) is 66.6 Å². The number of carbonyl (C=O) groups is 1. The maximum absolute atomic E-state index is 12.8. The summed E-state index contributed by atoms with van der Waals surface area (Å²) in [5.41, 5.74) is 1.90. The van der Waals surface area contributed by atoms with Gasteiger partial charge in [-0.3, -0.25) is 5.21 Å². The first-order chi connectivity index (χ1) is 10.4. The van der Waals surface area contributed by atoms with E-state index in [4.69, 9.17) is 10.9 Å². The molecule has 1 aliphatic rings. The van der Waals surface area contributed by atoms with Crippen molar-refractivity contribution in [2.45, 2.75) is 24.7 Å². The molecule has 23 heavy (non-hydrogen) atoms. The molecule has 1 fully saturated rings. The monoisotopic (exact) mass is 342 g/mol. The Labute approximate surface area is 126 Å². The predicted molar refractivity (Wildman–Crippen MR) is 65.4 cm³/mol. The maximum atomic E-state index is 12.8. The number of carbonyl (C=O) groups excluding carboxylic acids is 1. The third-order valence-electron chi connectivity index (χ3n) is 3.62. The van der Waals surface area contributed by atoms with Crippen molar-refractivity contribution < 1.29 is 36.3 Å². The molecule has 2 atom stereocenters. The highest BCUT2D eigenvalue weighted by Gasteiger charge is 2.43. The SMILES string of the molecule is NC(=O)N(O)C[C@@H]1C[C@H]1c1cc(C(F)(F)F)cc(C(F)(F)F)c1. The van der Waals surface area contributed by atoms with Gasteiger partial charge in [0.1, 0.15) is 0 Å². The Morgan fingerprint density at radius 1 is 1.13 bits per heavy atom. The van der Waals surface area contributed by atoms with Crippen LogP contribution in [0.25, 0.3) is 0 Å². The molecule has 3 N–H and O–H groups in total. The summed E-state index contributed by atoms with van der Waals surface area (Å²) in [4.78, 5) is 10.7. The Bertz CT molecular complexity index is 581. The largest absolute Gasteiger partial charge is 0.416 e. The Hall–Kier alpha value is -1.97. The first-order valence-corrected chi connectivity index (χ1v) is 6.45. The van der Waals surface area contributed by atoms with Crippen LogP contribution in [0.2, 0.25) is 0 Å². The Morgan fingerprint density at radius 2 is 1.61 bits per heavy atom. The predicted octanol–water partition coefficient (Wildman–Crippen LogP) is 3.60. The number of hydrogen-bond donors (Lipinski definition) is 2. The molecule has 0 heterocycles. The zero-order valence-electron chi connectivity index (χ0n) is 11.4. The summed E-state index contributed by atoms with van der Waals surface area (Å²) in [7, 11) is 0. The molecule has 1 saturated carbocycles. The quantitative estimate of drug-likeness (QED) is 0.501. The minimum absolute atomic E-state index is 0.0582. The lowest BCUT2D eigenvalue weighted by atomic mass is 10.0. The molecule has 4 nitrogen and oxygen atoms in total. The lowest BCUT2D eigenvalue weighted by molar-refractivity contribution is -0.143. The molecule has 128 valence electrons. The van der Waals surface area contributed by atoms with Crippen molar-refractivity contribution in [1.29, 1.82) is 0 Å². The van der Waals surface area contributed by atoms with Crippen LogP contribution in [0.3, 0.4) is 0 Å². The van der Waals surface area contributed by atoms with Gasteiger partial charge in [0.15, 0.2) is 0 Å². The van der Waals surface area contributed by atoms with Crippen molar-refractivity contribution in [3.63, 3.8) is 0 Å². The molecule has 1 aliphatic carbocycles. The number of nitrogens with zero attached hydrogens (tertiary/aromatic N) is 1. The fourth-order valence-electron chi connectivity index (χ4n) is 2.36. The van der Waals surface area contributed by atoms with Crippen molar-refractivity contribution >= 4 is 6.03 Å². The summed E-state index contributed by atoms with van der Waals surface area (Å²) in [5, 5.41) is 9.35. The number of alkyl halides is 6. The molecular weight excluding hydrogens is 330 g/mol. The average Bonchev–Trinajstić information content (AvgIpc) is 3.15. The lowest BCUT2D eigenvalue weighted by Crippen LogP contribution is -2.34. The molecule has 0 aliphatic heterocycles. The van der Waals surface area contributed by atoms with Crippen molar-refractivity contribution in [2.75, 3.05) is 6.54 Å². The summed E-state index contributed by atoms with van der Waals surface area (Å²) in [6, 6.07) is 0.233. The molecule has 0 spiro atoms. The number of amides is 2. The Kier molecular flexibility index (Phi) is 4.22. The van der Waals surface area contributed by atoms with E-state index in [9.17, 15) is 31.1 Å². The molecule has 10 heteroatoms. The number of benzene rings is 1. The van der Waals surface area contributed by atoms with Gasteiger partial charge in [-0.15, -0.1) is 0 Å². The number of rotatable bonds is 3. The summed E-state index contributed by atoms with van der Waals surface area (Å²) in [6.07, 6.45) is -9.56. The molecule has 0 radical (unpaired) electrons. The fourth-order valence-corrected chi connectivity index (χ4v) is 2.36. The van der Waals surface area contributed by atoms with Gasteiger partial charge in [0.2, 0.25) is 0 Å². The number of primary amides is 1. The van der Waals surface area contributed by atoms with Crippen LogP contribution in [0.1, 0.15) is 29.0 Å². The first kappa shape index (κ1) is 17.4. The maximum Gasteiger partial charge on any atom is 0.416 e. The second-order valence-corrected chi connectivity index (χ2v) is 5.36. The van der Waals surface area contributed by atoms with Crippen molar-refractivity contribution in [2.24, 2.45) is 11.7 Å². The number of halogens is 6. The van der Waals surface area contributed by atoms with E-state index < -0.39 is 41.3 Å². The zero-order valence-corrected chi connectivity index (χ0v) is 11.4. The van der Waals surface area contributed by atoms with Crippen molar-refractivity contribution in [3.8, 4) is 0 Å². The summed E-state index contributed by atoms with van der Waals surface area (Å²) < 4.78 is 76.5. The number of hydroxylamine groups is 2. The minimum atomic E-state index is -4.91. The number of hydrogen-bond acceptors (Lipinski definition) is 2. The van der Waals surface area contributed by atoms with Crippen molar-refractivity contribution in [3.05, 3.63) is 34.9 Å². The number of nitrogens with two attached hydrogens (primary N) is 1. The molecule has 2 rings (SSSR count). The molecule has 0 saturated heterocycles. The van der Waals surface area contributed by atoms with Crippen molar-refractivity contribution in [1.82, 2.24) is 5.06 Å². The molecule has 1 aromatic carbocycles. The van der Waals surface area contributed by atoms with Crippen LogP contribution in [0.15, 0.2) is 18.2 Å². The molecular formula is C13H12F6N2O2. The summed E-state index contributed by atoms with van der Waals surface area (Å²) >= 11 is 0. The summed E-state index contributed by atoms with van der Waals surface area (Å²) in [6.45, 7) is -0.252. The Morgan fingerprint density at radius 3 is 2.00 bits per heavy atom. The van der Waals surface area contributed by atoms with Crippen LogP contribution in [0, 0.1) is 5.92 Å². The van der Waals surface area contributed by atoms with Crippen LogP contribution < -0.4 is 5.73 Å². The molecule has 0 aromatic heterocycles. The smallest absolute Gasteiger partial charge is 0.350 e. The third-order valence-corrected chi connectivity index (χ3v) is 3.62. The normalized spacial score (nSPS) is 21.2. The van der Waals surface area contributed by atoms with E-state index in [-0.39, 0.29) is 29.7 Å². The second kappa shape index (κ2) is 5.59. The fraction of sp³-hybridized carbons (Fsp3) is 0.462. The van der Waals surface area contributed by atoms with E-state index in [0.29, 0.717) is 12.1 Å². The zero-order chi connectivity index (χ0) is 17.6. The Balaban J connectivity index is 2.28. The highest BCUT2D eigenvalue weighted by Crippen LogP contribution is 2.49. The van der Waals surface area contributed by atoms with Gasteiger partial charge in [-0.1, -0.05) is 0 Å². The van der Waals surface area contributed by atoms with Crippen LogP contribution in [0.4, 0.5) is 31.1 Å². The first-order valence-electron chi connectivity index (χ1n) is 6.45. The van der Waals surface area contributed by atoms with E-state index in [1.807, 2.05) is 0 Å². The highest BCUT2D eigenvalue weighted by atomic mass is 19.4. The van der Waals surface area contributed by atoms with E-state index >= 15 is 0 Å². The molecule has 1 aromatic rings. The number of urea groups is 1. The minimum Gasteiger partial charge on any atom is -0.350 e. The van der Waals surface area contributed by atoms with E-state index in [1.54, 1.807) is 0 Å². The van der Waals surface area contributed by atoms with Gasteiger partial charge < -0.3 is 5.73 Å². The van der Waals surface area contributed by atoms with Gasteiger partial charge in [0, 0.05) is 0 Å². The van der Waals surface area contributed by atoms with Gasteiger partial charge in [0.25, 0.3) is 0 Å². The van der Waals surface area contributed by atoms with Crippen LogP contribution in [-0.4, -0.2) is 22.8 Å². The van der Waals surface area contributed by atoms with Crippen LogP contribution >= 0.6 is 0 Å². The van der Waals surface area contributed by atoms with E-state index in [2.05, 4.69) is 0 Å². The summed E-state index contributed by atoms with van der Waals surface area (Å²) in [5.74, 6) is -1.05. The van der Waals surface area contributed by atoms with Gasteiger partial charge in [-0.05, 0) is 42.0 Å². The average molecular weight is 342 g/mol.